The van der Waals surface area contributed by atoms with Gasteiger partial charge in [0.2, 0.25) is 5.78 Å². The highest BCUT2D eigenvalue weighted by Gasteiger charge is 2.28. The van der Waals surface area contributed by atoms with Gasteiger partial charge in [-0.3, -0.25) is 4.79 Å². The zero-order valence-electron chi connectivity index (χ0n) is 64.1. The predicted octanol–water partition coefficient (Wildman–Crippen LogP) is 34.3. The fourth-order valence-electron chi connectivity index (χ4n) is 15.2. The summed E-state index contributed by atoms with van der Waals surface area (Å²) in [5.41, 5.74) is 13.1. The zero-order chi connectivity index (χ0) is 73.8. The van der Waals surface area contributed by atoms with E-state index in [0.717, 1.165) is 46.4 Å². The Kier molecular flexibility index (Phi) is 24.7. The second-order valence-corrected chi connectivity index (χ2v) is 41.6. The summed E-state index contributed by atoms with van der Waals surface area (Å²) in [5, 5.41) is 11.6. The van der Waals surface area contributed by atoms with E-state index in [-0.39, 0.29) is 16.6 Å². The van der Waals surface area contributed by atoms with E-state index in [0.29, 0.717) is 0 Å². The van der Waals surface area contributed by atoms with Crippen molar-refractivity contribution in [2.45, 2.75) is 222 Å². The van der Waals surface area contributed by atoms with Crippen LogP contribution in [-0.4, -0.2) is 5.78 Å². The number of unbranched alkanes of at least 4 members (excludes halogenated alkanes) is 12. The summed E-state index contributed by atoms with van der Waals surface area (Å²) in [6, 6.07) is 56.1. The second-order valence-electron chi connectivity index (χ2n) is 31.2. The van der Waals surface area contributed by atoms with Crippen molar-refractivity contribution in [2.75, 3.05) is 0 Å². The highest BCUT2D eigenvalue weighted by atomic mass is 32.1. The first-order chi connectivity index (χ1) is 51.4. The maximum absolute atomic E-state index is 15.4. The highest BCUT2D eigenvalue weighted by Crippen LogP contribution is 2.54. The van der Waals surface area contributed by atoms with Crippen LogP contribution in [0.2, 0.25) is 0 Å². The van der Waals surface area contributed by atoms with Crippen LogP contribution < -0.4 is 0 Å². The molecule has 1 nitrogen and oxygen atoms in total. The van der Waals surface area contributed by atoms with Gasteiger partial charge in [-0.2, -0.15) is 0 Å². The molecule has 0 N–H and O–H groups in total. The van der Waals surface area contributed by atoms with Gasteiger partial charge >= 0.3 is 0 Å². The Bertz CT molecular complexity index is 5380. The molecular weight excluding hydrogens is 1480 g/mol. The van der Waals surface area contributed by atoms with Crippen molar-refractivity contribution in [3.05, 3.63) is 211 Å². The Hall–Kier alpha value is -5.93. The van der Waals surface area contributed by atoms with E-state index >= 15 is 4.79 Å². The van der Waals surface area contributed by atoms with Crippen LogP contribution in [0.15, 0.2) is 156 Å². The van der Waals surface area contributed by atoms with Crippen LogP contribution in [0.25, 0.3) is 121 Å². The summed E-state index contributed by atoms with van der Waals surface area (Å²) in [5.74, 6) is 0.0717. The fraction of sp³-hybridized carbons (Fsp3) is 0.358. The maximum atomic E-state index is 15.4. The van der Waals surface area contributed by atoms with Crippen LogP contribution in [0.3, 0.4) is 0 Å². The summed E-state index contributed by atoms with van der Waals surface area (Å²) in [7, 11) is 0. The molecule has 0 aliphatic heterocycles. The van der Waals surface area contributed by atoms with Crippen molar-refractivity contribution in [1.29, 1.82) is 0 Å². The molecule has 14 aromatic rings. The number of benzene rings is 3. The van der Waals surface area contributed by atoms with Gasteiger partial charge in [-0.15, -0.1) is 113 Å². The van der Waals surface area contributed by atoms with Crippen molar-refractivity contribution in [1.82, 2.24) is 0 Å². The van der Waals surface area contributed by atoms with E-state index in [1.807, 2.05) is 90.7 Å². The number of fused-ring (bicyclic) bond motifs is 7. The van der Waals surface area contributed by atoms with E-state index < -0.39 is 0 Å². The molecule has 0 atom stereocenters. The molecule has 4 aromatic carbocycles. The third-order valence-corrected chi connectivity index (χ3v) is 33.8. The Balaban J connectivity index is 0.833. The summed E-state index contributed by atoms with van der Waals surface area (Å²) < 4.78 is 0. The minimum atomic E-state index is -0.142. The number of hydrogen-bond acceptors (Lipinski definition) is 11. The van der Waals surface area contributed by atoms with E-state index in [2.05, 4.69) is 251 Å². The summed E-state index contributed by atoms with van der Waals surface area (Å²) in [6.45, 7) is 28.0. The largest absolute Gasteiger partial charge is 0.288 e. The first-order valence-corrected chi connectivity index (χ1v) is 47.4. The Morgan fingerprint density at radius 2 is 0.679 bits per heavy atom. The molecule has 106 heavy (non-hydrogen) atoms. The average molecular weight is 1580 g/mol. The average Bonchev–Trinajstić information content (AvgIpc) is 0.872. The van der Waals surface area contributed by atoms with Crippen LogP contribution in [0.4, 0.5) is 0 Å². The molecule has 0 radical (unpaired) electrons. The minimum Gasteiger partial charge on any atom is -0.288 e. The Labute approximate surface area is 671 Å². The molecule has 10 heterocycles. The number of rotatable bonds is 31. The van der Waals surface area contributed by atoms with Crippen molar-refractivity contribution in [2.24, 2.45) is 0 Å². The quantitative estimate of drug-likeness (QED) is 0.0313. The number of ketones is 1. The molecule has 548 valence electrons. The topological polar surface area (TPSA) is 17.1 Å². The van der Waals surface area contributed by atoms with Gasteiger partial charge < -0.3 is 0 Å². The molecular formula is C95H102OS10. The van der Waals surface area contributed by atoms with Crippen molar-refractivity contribution < 1.29 is 4.79 Å². The SMILES string of the molecule is CCCCCCc1c(-c2ccc(-c3cccs3)s2)sc(-c2ccc(-c3ccc(C(=O)c4ccc5c6cc(C(C)(C)C)cc(c(-c7ccc(-c8ccc(-c9sc(-c%10ccc(-c%11cccs%11)s%10)c(CCCCCC)c9CCCCCC)s8)s7)cc7cc(C(C)(C)C)cc(c7C)c5c4)c6C)s3)s2)c1CCCCCC. The molecule has 0 spiro atoms. The van der Waals surface area contributed by atoms with Gasteiger partial charge in [-0.05, 0) is 266 Å². The molecule has 0 amide bonds. The lowest BCUT2D eigenvalue weighted by Crippen LogP contribution is -2.11. The third-order valence-electron chi connectivity index (χ3n) is 21.4. The zero-order valence-corrected chi connectivity index (χ0v) is 72.3. The number of hydrogen-bond donors (Lipinski definition) is 0. The van der Waals surface area contributed by atoms with Crippen LogP contribution in [0.5, 0.6) is 0 Å². The first kappa shape index (κ1) is 76.8. The summed E-state index contributed by atoms with van der Waals surface area (Å²) in [6.07, 6.45) is 24.7. The summed E-state index contributed by atoms with van der Waals surface area (Å²) in [4.78, 5) is 39.4. The lowest BCUT2D eigenvalue weighted by Gasteiger charge is -2.23. The van der Waals surface area contributed by atoms with Crippen LogP contribution >= 0.6 is 113 Å². The van der Waals surface area contributed by atoms with Gasteiger partial charge in [0.05, 0.1) is 4.88 Å². The smallest absolute Gasteiger partial charge is 0.202 e. The van der Waals surface area contributed by atoms with Crippen molar-refractivity contribution >= 4 is 151 Å². The molecule has 0 saturated heterocycles. The van der Waals surface area contributed by atoms with E-state index in [1.54, 1.807) is 33.6 Å². The van der Waals surface area contributed by atoms with Crippen molar-refractivity contribution in [3.8, 4) is 88.5 Å². The number of carbonyl (C=O) groups is 1. The third kappa shape index (κ3) is 16.7. The lowest BCUT2D eigenvalue weighted by atomic mass is 9.81. The van der Waals surface area contributed by atoms with Crippen LogP contribution in [0.1, 0.15) is 232 Å². The molecule has 10 aromatic heterocycles. The predicted molar refractivity (Wildman–Crippen MR) is 484 cm³/mol. The molecule has 0 aliphatic carbocycles. The van der Waals surface area contributed by atoms with Gasteiger partial charge in [0.1, 0.15) is 0 Å². The molecule has 11 heteroatoms. The monoisotopic (exact) mass is 1580 g/mol. The highest BCUT2D eigenvalue weighted by molar-refractivity contribution is 7.31. The normalized spacial score (nSPS) is 12.2. The van der Waals surface area contributed by atoms with E-state index in [4.69, 9.17) is 0 Å². The molecule has 0 fully saturated rings. The lowest BCUT2D eigenvalue weighted by molar-refractivity contribution is 0.104. The number of aryl methyl sites for hydroxylation is 2. The maximum Gasteiger partial charge on any atom is 0.202 e. The first-order valence-electron chi connectivity index (χ1n) is 39.1. The second kappa shape index (κ2) is 34.1. The van der Waals surface area contributed by atoms with Gasteiger partial charge in [-0.1, -0.05) is 195 Å². The van der Waals surface area contributed by atoms with Gasteiger partial charge in [0, 0.05) is 88.5 Å². The standard InChI is InChI=1S/C95H102OS10/c1-13-17-21-25-31-66-68(33-27-23-19-15-3)92(105-90(66)85-47-42-78(101-85)76-35-29-51-97-76)87-49-44-82(103-87)80-40-39-75(99-80)74-55-62-53-63(94(7,8)9)56-70(59(62)5)73-54-61(37-38-65(73)71-57-64(95(10,11)12)58-72(74)60(71)6)89(96)84-46-41-81(100-84)83-45-50-88(104-83)93-69(34-28-24-20-16-4)67(32-26-22-18-14-2)91(106-93)86-48-43-79(102-86)77-36-30-52-98-77/h29-30,35-58H,13-28,31-34H2,1-12H3. The van der Waals surface area contributed by atoms with Gasteiger partial charge in [-0.25, -0.2) is 0 Å². The van der Waals surface area contributed by atoms with E-state index in [9.17, 15) is 0 Å². The number of thiophene rings is 10. The fourth-order valence-corrected chi connectivity index (χ4v) is 26.4. The van der Waals surface area contributed by atoms with Crippen molar-refractivity contribution in [3.63, 3.8) is 0 Å². The minimum absolute atomic E-state index is 0.0717. The van der Waals surface area contributed by atoms with Gasteiger partial charge in [0.15, 0.2) is 0 Å². The Morgan fingerprint density at radius 3 is 1.09 bits per heavy atom. The molecule has 4 bridgehead atoms. The molecule has 14 rings (SSSR count). The molecule has 0 unspecified atom stereocenters. The van der Waals surface area contributed by atoms with Crippen LogP contribution in [0, 0.1) is 13.8 Å². The summed E-state index contributed by atoms with van der Waals surface area (Å²) >= 11 is 19.2. The molecule has 0 saturated carbocycles. The van der Waals surface area contributed by atoms with E-state index in [1.165, 1.54) is 236 Å². The molecule has 0 aliphatic rings. The number of carbonyl (C=O) groups excluding carboxylic acids is 1. The Morgan fingerprint density at radius 1 is 0.311 bits per heavy atom. The van der Waals surface area contributed by atoms with Gasteiger partial charge in [0.25, 0.3) is 0 Å². The van der Waals surface area contributed by atoms with Crippen LogP contribution in [-0.2, 0) is 36.5 Å².